The molecule has 3 unspecified atom stereocenters. The number of hydrogen-bond donors (Lipinski definition) is 3. The van der Waals surface area contributed by atoms with Crippen LogP contribution in [0.15, 0.2) is 35.3 Å². The molecule has 1 saturated carbocycles. The Balaban J connectivity index is 1.56. The number of carbonyl (C=O) groups is 1. The van der Waals surface area contributed by atoms with Gasteiger partial charge in [0.15, 0.2) is 0 Å². The summed E-state index contributed by atoms with van der Waals surface area (Å²) in [5.74, 6) is 0.782. The van der Waals surface area contributed by atoms with Crippen LogP contribution in [-0.4, -0.2) is 23.5 Å². The topological polar surface area (TPSA) is 74.0 Å². The molecule has 114 valence electrons. The predicted octanol–water partition coefficient (Wildman–Crippen LogP) is 1.85. The van der Waals surface area contributed by atoms with Crippen molar-refractivity contribution < 1.29 is 4.79 Å². The molecule has 1 amide bonds. The first-order valence-electron chi connectivity index (χ1n) is 7.86. The molecule has 3 aliphatic rings. The van der Waals surface area contributed by atoms with Gasteiger partial charge >= 0.3 is 0 Å². The Morgan fingerprint density at radius 1 is 1.23 bits per heavy atom. The summed E-state index contributed by atoms with van der Waals surface area (Å²) in [6.45, 7) is 1.05. The number of H-pyrrole nitrogens is 1. The molecule has 1 aliphatic carbocycles. The number of anilines is 1. The summed E-state index contributed by atoms with van der Waals surface area (Å²) in [5, 5.41) is 7.96. The van der Waals surface area contributed by atoms with Crippen molar-refractivity contribution >= 4 is 22.4 Å². The summed E-state index contributed by atoms with van der Waals surface area (Å²) in [6.07, 6.45) is 4.94. The Kier molecular flexibility index (Phi) is 3.22. The second kappa shape index (κ2) is 5.25. The Bertz CT molecular complexity index is 775. The molecule has 1 aromatic heterocycles. The zero-order valence-corrected chi connectivity index (χ0v) is 12.3. The Labute approximate surface area is 128 Å². The Morgan fingerprint density at radius 3 is 2.86 bits per heavy atom. The highest BCUT2D eigenvalue weighted by Crippen LogP contribution is 2.34. The van der Waals surface area contributed by atoms with E-state index in [1.807, 2.05) is 12.1 Å². The van der Waals surface area contributed by atoms with Crippen LogP contribution in [0.5, 0.6) is 0 Å². The number of aromatic amines is 1. The monoisotopic (exact) mass is 297 g/mol. The fraction of sp³-hybridized carbons (Fsp3) is 0.412. The molecule has 5 heteroatoms. The van der Waals surface area contributed by atoms with Crippen LogP contribution < -0.4 is 16.2 Å². The summed E-state index contributed by atoms with van der Waals surface area (Å²) in [7, 11) is 0. The summed E-state index contributed by atoms with van der Waals surface area (Å²) < 4.78 is 0. The normalized spacial score (nSPS) is 27.0. The lowest BCUT2D eigenvalue weighted by atomic mass is 9.73. The second-order valence-corrected chi connectivity index (χ2v) is 6.40. The molecule has 3 heterocycles. The van der Waals surface area contributed by atoms with Crippen LogP contribution in [0.25, 0.3) is 10.8 Å². The van der Waals surface area contributed by atoms with E-state index in [4.69, 9.17) is 0 Å². The lowest BCUT2D eigenvalue weighted by molar-refractivity contribution is -0.123. The third-order valence-corrected chi connectivity index (χ3v) is 5.01. The van der Waals surface area contributed by atoms with Crippen molar-refractivity contribution in [2.24, 2.45) is 11.8 Å². The number of piperidine rings is 2. The van der Waals surface area contributed by atoms with Gasteiger partial charge in [-0.2, -0.15) is 0 Å². The first kappa shape index (κ1) is 13.5. The van der Waals surface area contributed by atoms with Gasteiger partial charge in [-0.25, -0.2) is 0 Å². The maximum atomic E-state index is 12.5. The van der Waals surface area contributed by atoms with Gasteiger partial charge in [0, 0.05) is 23.3 Å². The minimum absolute atomic E-state index is 0.0578. The minimum Gasteiger partial charge on any atom is -0.329 e. The number of aromatic nitrogens is 1. The molecule has 2 saturated heterocycles. The van der Waals surface area contributed by atoms with E-state index in [1.54, 1.807) is 18.3 Å². The average molecular weight is 297 g/mol. The van der Waals surface area contributed by atoms with Gasteiger partial charge in [-0.1, -0.05) is 0 Å². The number of nitrogens with one attached hydrogen (secondary N) is 3. The Morgan fingerprint density at radius 2 is 2.14 bits per heavy atom. The van der Waals surface area contributed by atoms with Crippen molar-refractivity contribution in [2.75, 3.05) is 11.9 Å². The van der Waals surface area contributed by atoms with E-state index in [9.17, 15) is 9.59 Å². The number of pyridine rings is 1. The average Bonchev–Trinajstić information content (AvgIpc) is 2.56. The van der Waals surface area contributed by atoms with Gasteiger partial charge < -0.3 is 15.6 Å². The molecule has 0 radical (unpaired) electrons. The number of amides is 1. The smallest absolute Gasteiger partial charge is 0.255 e. The van der Waals surface area contributed by atoms with E-state index in [2.05, 4.69) is 15.6 Å². The molecule has 2 bridgehead atoms. The molecule has 3 atom stereocenters. The zero-order valence-electron chi connectivity index (χ0n) is 12.3. The first-order valence-corrected chi connectivity index (χ1v) is 7.86. The van der Waals surface area contributed by atoms with E-state index in [-0.39, 0.29) is 17.4 Å². The van der Waals surface area contributed by atoms with E-state index < -0.39 is 0 Å². The molecule has 22 heavy (non-hydrogen) atoms. The lowest BCUT2D eigenvalue weighted by Gasteiger charge is -2.42. The molecule has 5 rings (SSSR count). The van der Waals surface area contributed by atoms with Crippen LogP contribution >= 0.6 is 0 Å². The summed E-state index contributed by atoms with van der Waals surface area (Å²) in [4.78, 5) is 26.9. The van der Waals surface area contributed by atoms with E-state index in [0.29, 0.717) is 17.3 Å². The van der Waals surface area contributed by atoms with Crippen molar-refractivity contribution in [1.82, 2.24) is 10.3 Å². The van der Waals surface area contributed by atoms with Gasteiger partial charge in [0.1, 0.15) is 0 Å². The summed E-state index contributed by atoms with van der Waals surface area (Å²) >= 11 is 0. The van der Waals surface area contributed by atoms with Gasteiger partial charge in [-0.3, -0.25) is 9.59 Å². The highest BCUT2D eigenvalue weighted by Gasteiger charge is 2.39. The largest absolute Gasteiger partial charge is 0.329 e. The van der Waals surface area contributed by atoms with E-state index in [0.717, 1.165) is 30.5 Å². The van der Waals surface area contributed by atoms with Crippen molar-refractivity contribution in [3.63, 3.8) is 0 Å². The molecular weight excluding hydrogens is 278 g/mol. The molecule has 3 N–H and O–H groups in total. The third kappa shape index (κ3) is 2.31. The third-order valence-electron chi connectivity index (χ3n) is 5.01. The van der Waals surface area contributed by atoms with Crippen molar-refractivity contribution in [1.29, 1.82) is 0 Å². The number of carbonyl (C=O) groups excluding carboxylic acids is 1. The highest BCUT2D eigenvalue weighted by atomic mass is 16.2. The number of rotatable bonds is 2. The van der Waals surface area contributed by atoms with Gasteiger partial charge in [-0.05, 0) is 61.4 Å². The van der Waals surface area contributed by atoms with Crippen LogP contribution in [-0.2, 0) is 4.79 Å². The van der Waals surface area contributed by atoms with Crippen LogP contribution in [0.2, 0.25) is 0 Å². The molecule has 1 aromatic carbocycles. The van der Waals surface area contributed by atoms with E-state index in [1.165, 1.54) is 6.42 Å². The maximum absolute atomic E-state index is 12.5. The highest BCUT2D eigenvalue weighted by molar-refractivity contribution is 5.95. The van der Waals surface area contributed by atoms with Crippen molar-refractivity contribution in [3.05, 3.63) is 40.8 Å². The standard InChI is InChI=1S/C17H19N3O2/c21-16-13-3-2-12(8-11(13)5-6-18-16)20-17(22)14-7-10-1-4-15(14)19-9-10/h2-3,5-6,8,10,14-15,19H,1,4,7,9H2,(H,18,21)(H,20,22). The molecule has 3 fully saturated rings. The minimum atomic E-state index is -0.107. The number of benzene rings is 1. The maximum Gasteiger partial charge on any atom is 0.255 e. The van der Waals surface area contributed by atoms with Crippen LogP contribution in [0, 0.1) is 11.8 Å². The molecular formula is C17H19N3O2. The van der Waals surface area contributed by atoms with Gasteiger partial charge in [0.05, 0.1) is 5.92 Å². The summed E-state index contributed by atoms with van der Waals surface area (Å²) in [6, 6.07) is 7.57. The fourth-order valence-corrected chi connectivity index (χ4v) is 3.80. The number of fused-ring (bicyclic) bond motifs is 4. The first-order chi connectivity index (χ1) is 10.7. The molecule has 5 nitrogen and oxygen atoms in total. The van der Waals surface area contributed by atoms with Crippen molar-refractivity contribution in [3.8, 4) is 0 Å². The molecule has 2 aliphatic heterocycles. The van der Waals surface area contributed by atoms with Crippen LogP contribution in [0.3, 0.4) is 0 Å². The SMILES string of the molecule is O=C(Nc1ccc2c(=O)[nH]ccc2c1)C1CC2CCC1NC2. The second-order valence-electron chi connectivity index (χ2n) is 6.40. The Hall–Kier alpha value is -2.14. The van der Waals surface area contributed by atoms with E-state index >= 15 is 0 Å². The molecule has 0 spiro atoms. The fourth-order valence-electron chi connectivity index (χ4n) is 3.80. The number of hydrogen-bond acceptors (Lipinski definition) is 3. The summed E-state index contributed by atoms with van der Waals surface area (Å²) in [5.41, 5.74) is 0.647. The predicted molar refractivity (Wildman–Crippen MR) is 85.8 cm³/mol. The molecule has 2 aromatic rings. The van der Waals surface area contributed by atoms with Gasteiger partial charge in [0.2, 0.25) is 5.91 Å². The van der Waals surface area contributed by atoms with Gasteiger partial charge in [0.25, 0.3) is 5.56 Å². The lowest BCUT2D eigenvalue weighted by Crippen LogP contribution is -2.53. The van der Waals surface area contributed by atoms with Crippen LogP contribution in [0.1, 0.15) is 19.3 Å². The van der Waals surface area contributed by atoms with Crippen LogP contribution in [0.4, 0.5) is 5.69 Å². The zero-order chi connectivity index (χ0) is 15.1. The van der Waals surface area contributed by atoms with Gasteiger partial charge in [-0.15, -0.1) is 0 Å². The van der Waals surface area contributed by atoms with Crippen molar-refractivity contribution in [2.45, 2.75) is 25.3 Å². The quantitative estimate of drug-likeness (QED) is 0.792.